The van der Waals surface area contributed by atoms with E-state index in [0.717, 1.165) is 12.1 Å². The first-order valence-corrected chi connectivity index (χ1v) is 7.39. The molecule has 0 saturated heterocycles. The molecule has 0 spiro atoms. The number of thiocarbonyl (C=S) groups is 1. The summed E-state index contributed by atoms with van der Waals surface area (Å²) in [5, 5.41) is 2.81. The Kier molecular flexibility index (Phi) is 4.72. The van der Waals surface area contributed by atoms with Gasteiger partial charge in [0.15, 0.2) is 0 Å². The third-order valence-corrected chi connectivity index (χ3v) is 4.03. The number of halogens is 4. The van der Waals surface area contributed by atoms with Gasteiger partial charge in [-0.05, 0) is 56.1 Å². The molecule has 20 heavy (non-hydrogen) atoms. The molecule has 0 atom stereocenters. The Morgan fingerprint density at radius 1 is 1.00 bits per heavy atom. The molecule has 2 rings (SSSR count). The van der Waals surface area contributed by atoms with Crippen molar-refractivity contribution in [2.24, 2.45) is 5.73 Å². The number of nitrogens with two attached hydrogens (primary N) is 1. The lowest BCUT2D eigenvalue weighted by atomic mass is 10.2. The lowest BCUT2D eigenvalue weighted by molar-refractivity contribution is 0.598. The lowest BCUT2D eigenvalue weighted by Gasteiger charge is -2.11. The fourth-order valence-electron chi connectivity index (χ4n) is 1.53. The van der Waals surface area contributed by atoms with E-state index in [0.29, 0.717) is 15.7 Å². The molecule has 2 nitrogen and oxygen atoms in total. The molecule has 0 aliphatic carbocycles. The van der Waals surface area contributed by atoms with E-state index in [1.165, 1.54) is 0 Å². The minimum absolute atomic E-state index is 0.0366. The molecule has 0 bridgehead atoms. The van der Waals surface area contributed by atoms with Crippen LogP contribution < -0.4 is 11.1 Å². The Balaban J connectivity index is 2.35. The van der Waals surface area contributed by atoms with Crippen LogP contribution in [0, 0.1) is 11.6 Å². The van der Waals surface area contributed by atoms with Crippen molar-refractivity contribution in [2.75, 3.05) is 5.32 Å². The van der Waals surface area contributed by atoms with Gasteiger partial charge in [0.25, 0.3) is 0 Å². The predicted octanol–water partition coefficient (Wildman–Crippen LogP) is 4.87. The topological polar surface area (TPSA) is 38.0 Å². The van der Waals surface area contributed by atoms with Crippen LogP contribution >= 0.6 is 44.1 Å². The molecule has 3 N–H and O–H groups in total. The van der Waals surface area contributed by atoms with Gasteiger partial charge in [-0.25, -0.2) is 8.78 Å². The molecule has 0 amide bonds. The van der Waals surface area contributed by atoms with Crippen LogP contribution in [0.15, 0.2) is 39.3 Å². The molecule has 2 aromatic carbocycles. The smallest absolute Gasteiger partial charge is 0.147 e. The summed E-state index contributed by atoms with van der Waals surface area (Å²) in [5.41, 5.74) is 6.81. The zero-order chi connectivity index (χ0) is 14.9. The number of rotatable bonds is 3. The van der Waals surface area contributed by atoms with Crippen LogP contribution in [-0.4, -0.2) is 4.99 Å². The normalized spacial score (nSPS) is 10.4. The monoisotopic (exact) mass is 420 g/mol. The van der Waals surface area contributed by atoms with Gasteiger partial charge in [-0.3, -0.25) is 0 Å². The van der Waals surface area contributed by atoms with Gasteiger partial charge in [0.2, 0.25) is 0 Å². The zero-order valence-corrected chi connectivity index (χ0v) is 13.9. The van der Waals surface area contributed by atoms with E-state index < -0.39 is 11.6 Å². The first kappa shape index (κ1) is 15.3. The number of hydrogen-bond acceptors (Lipinski definition) is 2. The average molecular weight is 422 g/mol. The van der Waals surface area contributed by atoms with Gasteiger partial charge in [0, 0.05) is 16.1 Å². The summed E-state index contributed by atoms with van der Waals surface area (Å²) in [4.78, 5) is 0.262. The Morgan fingerprint density at radius 3 is 2.30 bits per heavy atom. The molecule has 104 valence electrons. The molecule has 0 aromatic heterocycles. The van der Waals surface area contributed by atoms with E-state index in [-0.39, 0.29) is 15.1 Å². The van der Waals surface area contributed by atoms with Crippen molar-refractivity contribution in [3.63, 3.8) is 0 Å². The van der Waals surface area contributed by atoms with Crippen LogP contribution in [0.1, 0.15) is 5.56 Å². The van der Waals surface area contributed by atoms with E-state index in [9.17, 15) is 8.78 Å². The summed E-state index contributed by atoms with van der Waals surface area (Å²) in [7, 11) is 0. The second-order valence-electron chi connectivity index (χ2n) is 3.93. The third kappa shape index (κ3) is 3.34. The Labute approximate surface area is 136 Å². The third-order valence-electron chi connectivity index (χ3n) is 2.53. The van der Waals surface area contributed by atoms with E-state index in [2.05, 4.69) is 37.2 Å². The van der Waals surface area contributed by atoms with Gasteiger partial charge in [-0.15, -0.1) is 0 Å². The summed E-state index contributed by atoms with van der Waals surface area (Å²) >= 11 is 11.1. The van der Waals surface area contributed by atoms with E-state index in [1.54, 1.807) is 18.2 Å². The van der Waals surface area contributed by atoms with Gasteiger partial charge in [-0.2, -0.15) is 0 Å². The van der Waals surface area contributed by atoms with Crippen LogP contribution in [-0.2, 0) is 0 Å². The molecule has 0 aliphatic rings. The van der Waals surface area contributed by atoms with Crippen molar-refractivity contribution >= 4 is 60.4 Å². The minimum atomic E-state index is -0.566. The maximum absolute atomic E-state index is 13.7. The highest BCUT2D eigenvalue weighted by atomic mass is 79.9. The summed E-state index contributed by atoms with van der Waals surface area (Å²) in [6, 6.07) is 7.22. The standard InChI is InChI=1S/C13H8Br2F2N2S/c14-7-4-10(17)12(5-9(7)16)19-11-2-1-6(13(18)20)3-8(11)15/h1-5,19H,(H2,18,20). The van der Waals surface area contributed by atoms with Gasteiger partial charge >= 0.3 is 0 Å². The van der Waals surface area contributed by atoms with Crippen molar-refractivity contribution in [2.45, 2.75) is 0 Å². The van der Waals surface area contributed by atoms with E-state index >= 15 is 0 Å². The summed E-state index contributed by atoms with van der Waals surface area (Å²) in [6.45, 7) is 0. The SMILES string of the molecule is NC(=S)c1ccc(Nc2cc(F)c(Br)cc2F)c(Br)c1. The average Bonchev–Trinajstić information content (AvgIpc) is 2.37. The molecule has 7 heteroatoms. The first-order chi connectivity index (χ1) is 9.38. The number of hydrogen-bond donors (Lipinski definition) is 2. The van der Waals surface area contributed by atoms with Crippen LogP contribution in [0.2, 0.25) is 0 Å². The Bertz CT molecular complexity index is 692. The minimum Gasteiger partial charge on any atom is -0.389 e. The number of benzene rings is 2. The van der Waals surface area contributed by atoms with Crippen molar-refractivity contribution in [3.8, 4) is 0 Å². The Morgan fingerprint density at radius 2 is 1.70 bits per heavy atom. The molecular weight excluding hydrogens is 414 g/mol. The maximum Gasteiger partial charge on any atom is 0.147 e. The van der Waals surface area contributed by atoms with E-state index in [4.69, 9.17) is 18.0 Å². The lowest BCUT2D eigenvalue weighted by Crippen LogP contribution is -2.09. The highest BCUT2D eigenvalue weighted by Gasteiger charge is 2.10. The van der Waals surface area contributed by atoms with Crippen molar-refractivity contribution in [3.05, 3.63) is 56.5 Å². The van der Waals surface area contributed by atoms with Crippen molar-refractivity contribution in [1.29, 1.82) is 0 Å². The molecule has 0 saturated carbocycles. The van der Waals surface area contributed by atoms with Crippen LogP contribution in [0.25, 0.3) is 0 Å². The van der Waals surface area contributed by atoms with Crippen LogP contribution in [0.4, 0.5) is 20.2 Å². The summed E-state index contributed by atoms with van der Waals surface area (Å²) < 4.78 is 27.9. The van der Waals surface area contributed by atoms with Gasteiger partial charge in [-0.1, -0.05) is 12.2 Å². The zero-order valence-electron chi connectivity index (χ0n) is 9.88. The molecule has 0 radical (unpaired) electrons. The van der Waals surface area contributed by atoms with E-state index in [1.807, 2.05) is 0 Å². The number of anilines is 2. The fourth-order valence-corrected chi connectivity index (χ4v) is 2.45. The Hall–Kier alpha value is -1.05. The molecular formula is C13H8Br2F2N2S. The molecule has 0 fully saturated rings. The fraction of sp³-hybridized carbons (Fsp3) is 0. The second kappa shape index (κ2) is 6.15. The highest BCUT2D eigenvalue weighted by molar-refractivity contribution is 9.10. The van der Waals surface area contributed by atoms with Crippen molar-refractivity contribution in [1.82, 2.24) is 0 Å². The summed E-state index contributed by atoms with van der Waals surface area (Å²) in [6.07, 6.45) is 0. The summed E-state index contributed by atoms with van der Waals surface area (Å²) in [5.74, 6) is -1.12. The largest absolute Gasteiger partial charge is 0.389 e. The highest BCUT2D eigenvalue weighted by Crippen LogP contribution is 2.30. The van der Waals surface area contributed by atoms with Gasteiger partial charge in [0.1, 0.15) is 16.6 Å². The molecule has 0 heterocycles. The second-order valence-corrected chi connectivity index (χ2v) is 6.08. The quantitative estimate of drug-likeness (QED) is 0.548. The predicted molar refractivity (Wildman–Crippen MR) is 87.4 cm³/mol. The molecule has 0 aliphatic heterocycles. The maximum atomic E-state index is 13.7. The first-order valence-electron chi connectivity index (χ1n) is 5.39. The van der Waals surface area contributed by atoms with Crippen molar-refractivity contribution < 1.29 is 8.78 Å². The van der Waals surface area contributed by atoms with Crippen LogP contribution in [0.5, 0.6) is 0 Å². The van der Waals surface area contributed by atoms with Gasteiger partial charge < -0.3 is 11.1 Å². The molecule has 2 aromatic rings. The molecule has 0 unspecified atom stereocenters. The van der Waals surface area contributed by atoms with Crippen LogP contribution in [0.3, 0.4) is 0 Å². The number of nitrogens with one attached hydrogen (secondary N) is 1. The van der Waals surface area contributed by atoms with Gasteiger partial charge in [0.05, 0.1) is 15.8 Å².